The molecule has 0 aliphatic carbocycles. The van der Waals surface area contributed by atoms with Crippen molar-refractivity contribution in [2.24, 2.45) is 0 Å². The van der Waals surface area contributed by atoms with E-state index in [0.717, 1.165) is 27.7 Å². The second kappa shape index (κ2) is 6.73. The highest BCUT2D eigenvalue weighted by atomic mass is 16.1. The van der Waals surface area contributed by atoms with Crippen LogP contribution in [0.2, 0.25) is 0 Å². The maximum absolute atomic E-state index is 12.1. The van der Waals surface area contributed by atoms with Gasteiger partial charge in [-0.1, -0.05) is 24.3 Å². The van der Waals surface area contributed by atoms with E-state index in [1.54, 1.807) is 12.4 Å². The van der Waals surface area contributed by atoms with Crippen molar-refractivity contribution in [3.8, 4) is 0 Å². The molecule has 5 heteroatoms. The third kappa shape index (κ3) is 3.35. The SMILES string of the molecule is O=C(CCc1cc2c(cn1)[nH]c1ccccc12)NCc1cccnc1. The van der Waals surface area contributed by atoms with E-state index in [4.69, 9.17) is 0 Å². The van der Waals surface area contributed by atoms with Gasteiger partial charge in [-0.05, 0) is 30.2 Å². The zero-order chi connectivity index (χ0) is 17.1. The molecular weight excluding hydrogens is 312 g/mol. The second-order valence-corrected chi connectivity index (χ2v) is 6.03. The molecule has 0 spiro atoms. The molecule has 3 heterocycles. The van der Waals surface area contributed by atoms with E-state index < -0.39 is 0 Å². The summed E-state index contributed by atoms with van der Waals surface area (Å²) in [5.41, 5.74) is 4.04. The lowest BCUT2D eigenvalue weighted by atomic mass is 10.1. The zero-order valence-electron chi connectivity index (χ0n) is 13.7. The number of para-hydroxylation sites is 1. The summed E-state index contributed by atoms with van der Waals surface area (Å²) in [6.45, 7) is 0.502. The van der Waals surface area contributed by atoms with Crippen molar-refractivity contribution in [2.75, 3.05) is 0 Å². The Morgan fingerprint density at radius 1 is 1.04 bits per heavy atom. The highest BCUT2D eigenvalue weighted by Crippen LogP contribution is 2.25. The van der Waals surface area contributed by atoms with Crippen molar-refractivity contribution in [2.45, 2.75) is 19.4 Å². The van der Waals surface area contributed by atoms with Gasteiger partial charge in [0.25, 0.3) is 0 Å². The molecule has 0 atom stereocenters. The Hall–Kier alpha value is -3.21. The molecule has 1 aromatic carbocycles. The van der Waals surface area contributed by atoms with E-state index in [9.17, 15) is 4.79 Å². The van der Waals surface area contributed by atoms with Crippen LogP contribution in [0.15, 0.2) is 61.1 Å². The van der Waals surface area contributed by atoms with Crippen LogP contribution < -0.4 is 5.32 Å². The Morgan fingerprint density at radius 2 is 1.96 bits per heavy atom. The molecule has 2 N–H and O–H groups in total. The Kier molecular flexibility index (Phi) is 4.12. The number of H-pyrrole nitrogens is 1. The van der Waals surface area contributed by atoms with Crippen molar-refractivity contribution in [3.63, 3.8) is 0 Å². The molecule has 1 amide bonds. The molecule has 0 aliphatic heterocycles. The van der Waals surface area contributed by atoms with Gasteiger partial charge in [-0.3, -0.25) is 14.8 Å². The summed E-state index contributed by atoms with van der Waals surface area (Å²) in [4.78, 5) is 23.9. The van der Waals surface area contributed by atoms with Crippen LogP contribution in [0, 0.1) is 0 Å². The normalized spacial score (nSPS) is 11.0. The lowest BCUT2D eigenvalue weighted by molar-refractivity contribution is -0.121. The molecule has 4 rings (SSSR count). The lowest BCUT2D eigenvalue weighted by Gasteiger charge is -2.05. The van der Waals surface area contributed by atoms with Crippen molar-refractivity contribution < 1.29 is 4.79 Å². The van der Waals surface area contributed by atoms with Gasteiger partial charge >= 0.3 is 0 Å². The van der Waals surface area contributed by atoms with Gasteiger partial charge < -0.3 is 10.3 Å². The average molecular weight is 330 g/mol. The van der Waals surface area contributed by atoms with Crippen molar-refractivity contribution in [1.82, 2.24) is 20.3 Å². The standard InChI is InChI=1S/C20H18N4O/c25-20(23-12-14-4-3-9-21-11-14)8-7-15-10-17-16-5-1-2-6-18(16)24-19(17)13-22-15/h1-6,9-11,13,24H,7-8,12H2,(H,23,25). The molecule has 3 aromatic heterocycles. The van der Waals surface area contributed by atoms with E-state index in [0.29, 0.717) is 19.4 Å². The summed E-state index contributed by atoms with van der Waals surface area (Å²) < 4.78 is 0. The van der Waals surface area contributed by atoms with E-state index in [-0.39, 0.29) is 5.91 Å². The minimum atomic E-state index is 0.0182. The highest BCUT2D eigenvalue weighted by molar-refractivity contribution is 6.06. The molecule has 0 saturated carbocycles. The molecule has 4 aromatic rings. The maximum Gasteiger partial charge on any atom is 0.220 e. The number of amides is 1. The average Bonchev–Trinajstić information content (AvgIpc) is 3.03. The number of fused-ring (bicyclic) bond motifs is 3. The summed E-state index contributed by atoms with van der Waals surface area (Å²) in [5.74, 6) is 0.0182. The highest BCUT2D eigenvalue weighted by Gasteiger charge is 2.07. The lowest BCUT2D eigenvalue weighted by Crippen LogP contribution is -2.23. The van der Waals surface area contributed by atoms with Crippen LogP contribution in [0.1, 0.15) is 17.7 Å². The number of nitrogens with zero attached hydrogens (tertiary/aromatic N) is 2. The number of aromatic nitrogens is 3. The summed E-state index contributed by atoms with van der Waals surface area (Å²) in [6, 6.07) is 14.1. The Morgan fingerprint density at radius 3 is 2.84 bits per heavy atom. The predicted octanol–water partition coefficient (Wildman–Crippen LogP) is 3.36. The van der Waals surface area contributed by atoms with E-state index >= 15 is 0 Å². The van der Waals surface area contributed by atoms with Crippen LogP contribution in [0.3, 0.4) is 0 Å². The summed E-state index contributed by atoms with van der Waals surface area (Å²) in [6.07, 6.45) is 6.36. The fourth-order valence-electron chi connectivity index (χ4n) is 2.96. The maximum atomic E-state index is 12.1. The van der Waals surface area contributed by atoms with Crippen LogP contribution in [0.4, 0.5) is 0 Å². The van der Waals surface area contributed by atoms with Crippen LogP contribution in [0.5, 0.6) is 0 Å². The van der Waals surface area contributed by atoms with Crippen molar-refractivity contribution in [1.29, 1.82) is 0 Å². The first kappa shape index (κ1) is 15.3. The van der Waals surface area contributed by atoms with Gasteiger partial charge in [-0.15, -0.1) is 0 Å². The summed E-state index contributed by atoms with van der Waals surface area (Å²) in [5, 5.41) is 5.25. The number of aryl methyl sites for hydroxylation is 1. The molecule has 5 nitrogen and oxygen atoms in total. The predicted molar refractivity (Wildman–Crippen MR) is 98.0 cm³/mol. The van der Waals surface area contributed by atoms with Crippen molar-refractivity contribution >= 4 is 27.7 Å². The van der Waals surface area contributed by atoms with E-state index in [1.165, 1.54) is 5.39 Å². The van der Waals surface area contributed by atoms with Gasteiger partial charge in [0.1, 0.15) is 0 Å². The third-order valence-electron chi connectivity index (χ3n) is 4.27. The molecular formula is C20H18N4O. The van der Waals surface area contributed by atoms with Gasteiger partial charge in [0.2, 0.25) is 5.91 Å². The van der Waals surface area contributed by atoms with Crippen LogP contribution in [-0.4, -0.2) is 20.9 Å². The monoisotopic (exact) mass is 330 g/mol. The molecule has 0 aliphatic rings. The first-order valence-electron chi connectivity index (χ1n) is 8.30. The number of hydrogen-bond donors (Lipinski definition) is 2. The first-order valence-corrected chi connectivity index (χ1v) is 8.30. The molecule has 0 radical (unpaired) electrons. The number of aromatic amines is 1. The second-order valence-electron chi connectivity index (χ2n) is 6.03. The molecule has 0 unspecified atom stereocenters. The Balaban J connectivity index is 1.42. The molecule has 0 saturated heterocycles. The largest absolute Gasteiger partial charge is 0.353 e. The van der Waals surface area contributed by atoms with Gasteiger partial charge in [-0.2, -0.15) is 0 Å². The van der Waals surface area contributed by atoms with Crippen LogP contribution in [-0.2, 0) is 17.8 Å². The van der Waals surface area contributed by atoms with Gasteiger partial charge in [0, 0.05) is 47.3 Å². The summed E-state index contributed by atoms with van der Waals surface area (Å²) in [7, 11) is 0. The number of pyridine rings is 2. The zero-order valence-corrected chi connectivity index (χ0v) is 13.7. The van der Waals surface area contributed by atoms with E-state index in [1.807, 2.05) is 30.5 Å². The number of hydrogen-bond acceptors (Lipinski definition) is 3. The number of rotatable bonds is 5. The number of benzene rings is 1. The smallest absolute Gasteiger partial charge is 0.220 e. The Bertz CT molecular complexity index is 1020. The fourth-order valence-corrected chi connectivity index (χ4v) is 2.96. The van der Waals surface area contributed by atoms with Crippen molar-refractivity contribution in [3.05, 3.63) is 72.3 Å². The minimum absolute atomic E-state index is 0.0182. The molecule has 0 bridgehead atoms. The summed E-state index contributed by atoms with van der Waals surface area (Å²) >= 11 is 0. The molecule has 124 valence electrons. The van der Waals surface area contributed by atoms with E-state index in [2.05, 4.69) is 38.5 Å². The van der Waals surface area contributed by atoms with Gasteiger partial charge in [-0.25, -0.2) is 0 Å². The van der Waals surface area contributed by atoms with Gasteiger partial charge in [0.15, 0.2) is 0 Å². The Labute approximate surface area is 145 Å². The molecule has 0 fully saturated rings. The number of carbonyl (C=O) groups is 1. The topological polar surface area (TPSA) is 70.7 Å². The first-order chi connectivity index (χ1) is 12.3. The third-order valence-corrected chi connectivity index (χ3v) is 4.27. The van der Waals surface area contributed by atoms with Gasteiger partial charge in [0.05, 0.1) is 11.7 Å². The number of nitrogens with one attached hydrogen (secondary N) is 2. The quantitative estimate of drug-likeness (QED) is 0.589. The fraction of sp³-hybridized carbons (Fsp3) is 0.150. The molecule has 25 heavy (non-hydrogen) atoms. The minimum Gasteiger partial charge on any atom is -0.353 e. The van der Waals surface area contributed by atoms with Crippen LogP contribution in [0.25, 0.3) is 21.8 Å². The van der Waals surface area contributed by atoms with Crippen LogP contribution >= 0.6 is 0 Å². The number of carbonyl (C=O) groups excluding carboxylic acids is 1.